The molecule has 0 aliphatic rings. The van der Waals surface area contributed by atoms with Crippen LogP contribution in [0.5, 0.6) is 0 Å². The predicted molar refractivity (Wildman–Crippen MR) is 91.7 cm³/mol. The zero-order valence-electron chi connectivity index (χ0n) is 13.4. The Bertz CT molecular complexity index is 771. The fraction of sp³-hybridized carbons (Fsp3) is 0.211. The van der Waals surface area contributed by atoms with Crippen LogP contribution in [0, 0.1) is 5.82 Å². The van der Waals surface area contributed by atoms with Gasteiger partial charge in [-0.2, -0.15) is 5.10 Å². The van der Waals surface area contributed by atoms with Crippen molar-refractivity contribution >= 4 is 0 Å². The summed E-state index contributed by atoms with van der Waals surface area (Å²) in [7, 11) is 0. The number of hydrogen-bond donors (Lipinski definition) is 3. The van der Waals surface area contributed by atoms with Gasteiger partial charge in [-0.1, -0.05) is 42.5 Å². The summed E-state index contributed by atoms with van der Waals surface area (Å²) in [6.07, 6.45) is -0.706. The van der Waals surface area contributed by atoms with Gasteiger partial charge in [-0.3, -0.25) is 5.10 Å². The number of aliphatic hydroxyl groups is 1. The van der Waals surface area contributed by atoms with Crippen molar-refractivity contribution in [3.8, 4) is 11.3 Å². The van der Waals surface area contributed by atoms with Gasteiger partial charge >= 0.3 is 0 Å². The molecule has 0 saturated heterocycles. The normalized spacial score (nSPS) is 13.6. The van der Waals surface area contributed by atoms with E-state index in [-0.39, 0.29) is 11.9 Å². The zero-order valence-corrected chi connectivity index (χ0v) is 13.4. The number of benzene rings is 2. The van der Waals surface area contributed by atoms with Gasteiger partial charge in [0.2, 0.25) is 0 Å². The number of H-pyrrole nitrogens is 1. The van der Waals surface area contributed by atoms with E-state index in [9.17, 15) is 9.50 Å². The summed E-state index contributed by atoms with van der Waals surface area (Å²) in [5.41, 5.74) is 3.57. The molecule has 2 unspecified atom stereocenters. The van der Waals surface area contributed by atoms with E-state index in [2.05, 4.69) is 15.5 Å². The van der Waals surface area contributed by atoms with Gasteiger partial charge in [0.25, 0.3) is 0 Å². The lowest BCUT2D eigenvalue weighted by Gasteiger charge is -2.20. The summed E-state index contributed by atoms with van der Waals surface area (Å²) < 4.78 is 13.0. The van der Waals surface area contributed by atoms with Crippen LogP contribution in [-0.4, -0.2) is 21.3 Å². The number of aliphatic hydroxyl groups excluding tert-OH is 1. The highest BCUT2D eigenvalue weighted by Crippen LogP contribution is 2.19. The molecule has 2 atom stereocenters. The minimum atomic E-state index is -0.706. The van der Waals surface area contributed by atoms with E-state index in [1.165, 1.54) is 12.1 Å². The maximum absolute atomic E-state index is 13.0. The molecule has 0 radical (unpaired) electrons. The summed E-state index contributed by atoms with van der Waals surface area (Å²) in [6, 6.07) is 17.6. The minimum absolute atomic E-state index is 0.182. The number of aromatic amines is 1. The highest BCUT2D eigenvalue weighted by molar-refractivity contribution is 5.58. The van der Waals surface area contributed by atoms with Gasteiger partial charge in [0.15, 0.2) is 0 Å². The van der Waals surface area contributed by atoms with Crippen molar-refractivity contribution in [2.24, 2.45) is 0 Å². The van der Waals surface area contributed by atoms with E-state index >= 15 is 0 Å². The lowest BCUT2D eigenvalue weighted by atomic mass is 10.0. The van der Waals surface area contributed by atoms with Crippen LogP contribution in [0.2, 0.25) is 0 Å². The van der Waals surface area contributed by atoms with Crippen LogP contribution in [0.3, 0.4) is 0 Å². The van der Waals surface area contributed by atoms with E-state index in [1.807, 2.05) is 43.3 Å². The number of nitrogens with one attached hydrogen (secondary N) is 2. The molecule has 0 aliphatic carbocycles. The Balaban J connectivity index is 1.59. The van der Waals surface area contributed by atoms with Crippen molar-refractivity contribution in [3.63, 3.8) is 0 Å². The third kappa shape index (κ3) is 3.88. The molecule has 2 aromatic carbocycles. The Hall–Kier alpha value is -2.50. The molecular formula is C19H20FN3O. The fourth-order valence-corrected chi connectivity index (χ4v) is 2.54. The van der Waals surface area contributed by atoms with Crippen LogP contribution in [0.1, 0.15) is 24.3 Å². The van der Waals surface area contributed by atoms with E-state index in [0.717, 1.165) is 17.0 Å². The standard InChI is InChI=1S/C19H20FN3O/c1-13(19(24)15-7-9-16(20)10-8-15)21-12-17-11-18(23-22-17)14-5-3-2-4-6-14/h2-11,13,19,21,24H,12H2,1H3,(H,22,23). The van der Waals surface area contributed by atoms with Crippen molar-refractivity contribution in [1.82, 2.24) is 15.5 Å². The maximum atomic E-state index is 13.0. The van der Waals surface area contributed by atoms with Crippen molar-refractivity contribution < 1.29 is 9.50 Å². The van der Waals surface area contributed by atoms with E-state index < -0.39 is 6.10 Å². The molecule has 4 nitrogen and oxygen atoms in total. The molecule has 5 heteroatoms. The van der Waals surface area contributed by atoms with Crippen molar-refractivity contribution in [2.45, 2.75) is 25.6 Å². The average Bonchev–Trinajstić information content (AvgIpc) is 3.09. The van der Waals surface area contributed by atoms with Crippen LogP contribution in [-0.2, 0) is 6.54 Å². The molecule has 124 valence electrons. The Labute approximate surface area is 140 Å². The molecule has 0 aliphatic heterocycles. The van der Waals surface area contributed by atoms with E-state index in [4.69, 9.17) is 0 Å². The van der Waals surface area contributed by atoms with Crippen LogP contribution in [0.4, 0.5) is 4.39 Å². The van der Waals surface area contributed by atoms with Crippen LogP contribution in [0.15, 0.2) is 60.7 Å². The second kappa shape index (κ2) is 7.38. The maximum Gasteiger partial charge on any atom is 0.123 e. The first kappa shape index (κ1) is 16.4. The molecular weight excluding hydrogens is 305 g/mol. The molecule has 1 heterocycles. The molecule has 0 amide bonds. The zero-order chi connectivity index (χ0) is 16.9. The van der Waals surface area contributed by atoms with Crippen molar-refractivity contribution in [2.75, 3.05) is 0 Å². The quantitative estimate of drug-likeness (QED) is 0.651. The number of hydrogen-bond acceptors (Lipinski definition) is 3. The Morgan fingerprint density at radius 1 is 1.12 bits per heavy atom. The average molecular weight is 325 g/mol. The van der Waals surface area contributed by atoms with Gasteiger partial charge < -0.3 is 10.4 Å². The number of aromatic nitrogens is 2. The smallest absolute Gasteiger partial charge is 0.123 e. The van der Waals surface area contributed by atoms with E-state index in [1.54, 1.807) is 12.1 Å². The second-order valence-electron chi connectivity index (χ2n) is 5.81. The first-order chi connectivity index (χ1) is 11.6. The van der Waals surface area contributed by atoms with E-state index in [0.29, 0.717) is 12.1 Å². The van der Waals surface area contributed by atoms with Gasteiger partial charge in [-0.25, -0.2) is 4.39 Å². The number of nitrogens with zero attached hydrogens (tertiary/aromatic N) is 1. The van der Waals surface area contributed by atoms with Gasteiger partial charge in [-0.15, -0.1) is 0 Å². The molecule has 0 saturated carbocycles. The van der Waals surface area contributed by atoms with Crippen LogP contribution in [0.25, 0.3) is 11.3 Å². The number of rotatable bonds is 6. The monoisotopic (exact) mass is 325 g/mol. The molecule has 0 fully saturated rings. The third-order valence-electron chi connectivity index (χ3n) is 4.00. The molecule has 0 bridgehead atoms. The highest BCUT2D eigenvalue weighted by atomic mass is 19.1. The second-order valence-corrected chi connectivity index (χ2v) is 5.81. The first-order valence-corrected chi connectivity index (χ1v) is 7.90. The highest BCUT2D eigenvalue weighted by Gasteiger charge is 2.16. The van der Waals surface area contributed by atoms with Crippen LogP contribution >= 0.6 is 0 Å². The Kier molecular flexibility index (Phi) is 5.03. The Morgan fingerprint density at radius 3 is 2.54 bits per heavy atom. The topological polar surface area (TPSA) is 60.9 Å². The summed E-state index contributed by atoms with van der Waals surface area (Å²) in [5.74, 6) is -0.308. The van der Waals surface area contributed by atoms with Crippen molar-refractivity contribution in [1.29, 1.82) is 0 Å². The molecule has 3 aromatic rings. The third-order valence-corrected chi connectivity index (χ3v) is 4.00. The molecule has 3 rings (SSSR count). The lowest BCUT2D eigenvalue weighted by Crippen LogP contribution is -2.31. The minimum Gasteiger partial charge on any atom is -0.387 e. The summed E-state index contributed by atoms with van der Waals surface area (Å²) in [4.78, 5) is 0. The first-order valence-electron chi connectivity index (χ1n) is 7.90. The molecule has 24 heavy (non-hydrogen) atoms. The Morgan fingerprint density at radius 2 is 1.83 bits per heavy atom. The molecule has 3 N–H and O–H groups in total. The van der Waals surface area contributed by atoms with Crippen LogP contribution < -0.4 is 5.32 Å². The lowest BCUT2D eigenvalue weighted by molar-refractivity contribution is 0.135. The van der Waals surface area contributed by atoms with Gasteiger partial charge in [0, 0.05) is 23.8 Å². The summed E-state index contributed by atoms with van der Waals surface area (Å²) in [6.45, 7) is 2.45. The molecule has 1 aromatic heterocycles. The van der Waals surface area contributed by atoms with Gasteiger partial charge in [0.1, 0.15) is 5.82 Å². The summed E-state index contributed by atoms with van der Waals surface area (Å²) >= 11 is 0. The number of halogens is 1. The fourth-order valence-electron chi connectivity index (χ4n) is 2.54. The van der Waals surface area contributed by atoms with Gasteiger partial charge in [0.05, 0.1) is 11.8 Å². The SMILES string of the molecule is CC(NCc1cc(-c2ccccc2)n[nH]1)C(O)c1ccc(F)cc1. The molecule has 0 spiro atoms. The largest absolute Gasteiger partial charge is 0.387 e. The van der Waals surface area contributed by atoms with Crippen molar-refractivity contribution in [3.05, 3.63) is 77.7 Å². The predicted octanol–water partition coefficient (Wildman–Crippen LogP) is 3.43. The summed E-state index contributed by atoms with van der Waals surface area (Å²) in [5, 5.41) is 20.9. The van der Waals surface area contributed by atoms with Gasteiger partial charge in [-0.05, 0) is 30.7 Å².